The fourth-order valence-corrected chi connectivity index (χ4v) is 2.75. The largest absolute Gasteiger partial charge is 0.496 e. The lowest BCUT2D eigenvalue weighted by atomic mass is 9.90. The van der Waals surface area contributed by atoms with E-state index in [1.165, 1.54) is 0 Å². The second-order valence-corrected chi connectivity index (χ2v) is 5.73. The van der Waals surface area contributed by atoms with E-state index in [-0.39, 0.29) is 5.91 Å². The van der Waals surface area contributed by atoms with Crippen molar-refractivity contribution < 1.29 is 9.53 Å². The third kappa shape index (κ3) is 3.25. The first-order valence-electron chi connectivity index (χ1n) is 6.91. The number of carbonyl (C=O) groups is 1. The van der Waals surface area contributed by atoms with E-state index in [0.29, 0.717) is 17.3 Å². The standard InChI is InChI=1S/C15H21ClN2O2/c1-15(8-3-4-9-18-15)14(19)17-10-11-12(16)6-5-7-13(11)20-2/h5-7,18H,3-4,8-10H2,1-2H3,(H,17,19). The number of hydrogen-bond acceptors (Lipinski definition) is 3. The number of ether oxygens (including phenoxy) is 1. The highest BCUT2D eigenvalue weighted by Gasteiger charge is 2.34. The van der Waals surface area contributed by atoms with E-state index >= 15 is 0 Å². The van der Waals surface area contributed by atoms with Gasteiger partial charge in [-0.2, -0.15) is 0 Å². The number of methoxy groups -OCH3 is 1. The van der Waals surface area contributed by atoms with Crippen molar-refractivity contribution in [3.05, 3.63) is 28.8 Å². The topological polar surface area (TPSA) is 50.4 Å². The fourth-order valence-electron chi connectivity index (χ4n) is 2.52. The zero-order valence-electron chi connectivity index (χ0n) is 12.0. The lowest BCUT2D eigenvalue weighted by Crippen LogP contribution is -2.56. The Morgan fingerprint density at radius 1 is 1.50 bits per heavy atom. The fraction of sp³-hybridized carbons (Fsp3) is 0.533. The minimum Gasteiger partial charge on any atom is -0.496 e. The van der Waals surface area contributed by atoms with Crippen LogP contribution < -0.4 is 15.4 Å². The molecule has 4 nitrogen and oxygen atoms in total. The number of rotatable bonds is 4. The van der Waals surface area contributed by atoms with Crippen LogP contribution in [0.25, 0.3) is 0 Å². The molecule has 1 heterocycles. The van der Waals surface area contributed by atoms with Gasteiger partial charge >= 0.3 is 0 Å². The van der Waals surface area contributed by atoms with Crippen molar-refractivity contribution in [3.8, 4) is 5.75 Å². The first-order valence-corrected chi connectivity index (χ1v) is 7.29. The highest BCUT2D eigenvalue weighted by atomic mass is 35.5. The zero-order chi connectivity index (χ0) is 14.6. The molecule has 1 aromatic rings. The van der Waals surface area contributed by atoms with Gasteiger partial charge in [0.25, 0.3) is 0 Å². The molecular weight excluding hydrogens is 276 g/mol. The number of hydrogen-bond donors (Lipinski definition) is 2. The summed E-state index contributed by atoms with van der Waals surface area (Å²) < 4.78 is 5.28. The van der Waals surface area contributed by atoms with E-state index in [4.69, 9.17) is 16.3 Å². The molecule has 2 rings (SSSR count). The highest BCUT2D eigenvalue weighted by molar-refractivity contribution is 6.31. The van der Waals surface area contributed by atoms with Crippen LogP contribution in [0.5, 0.6) is 5.75 Å². The third-order valence-electron chi connectivity index (χ3n) is 3.84. The molecule has 0 spiro atoms. The molecule has 0 saturated carbocycles. The van der Waals surface area contributed by atoms with E-state index in [9.17, 15) is 4.79 Å². The Kier molecular flexibility index (Phi) is 4.89. The Morgan fingerprint density at radius 3 is 2.95 bits per heavy atom. The van der Waals surface area contributed by atoms with Gasteiger partial charge in [-0.25, -0.2) is 0 Å². The maximum atomic E-state index is 12.3. The van der Waals surface area contributed by atoms with Crippen molar-refractivity contribution in [2.45, 2.75) is 38.3 Å². The molecule has 1 unspecified atom stereocenters. The molecule has 1 amide bonds. The Labute approximate surface area is 124 Å². The number of carbonyl (C=O) groups excluding carboxylic acids is 1. The second-order valence-electron chi connectivity index (χ2n) is 5.32. The van der Waals surface area contributed by atoms with Gasteiger partial charge in [-0.15, -0.1) is 0 Å². The summed E-state index contributed by atoms with van der Waals surface area (Å²) in [6, 6.07) is 5.47. The minimum absolute atomic E-state index is 0.0131. The van der Waals surface area contributed by atoms with Gasteiger partial charge in [0.05, 0.1) is 12.6 Å². The van der Waals surface area contributed by atoms with Crippen LogP contribution >= 0.6 is 11.6 Å². The van der Waals surface area contributed by atoms with Crippen molar-refractivity contribution in [1.82, 2.24) is 10.6 Å². The van der Waals surface area contributed by atoms with E-state index in [2.05, 4.69) is 10.6 Å². The summed E-state index contributed by atoms with van der Waals surface area (Å²) in [5.74, 6) is 0.707. The first kappa shape index (κ1) is 15.1. The van der Waals surface area contributed by atoms with Crippen LogP contribution in [0.3, 0.4) is 0 Å². The number of piperidine rings is 1. The number of amides is 1. The van der Waals surface area contributed by atoms with E-state index in [1.54, 1.807) is 13.2 Å². The average molecular weight is 297 g/mol. The Balaban J connectivity index is 2.03. The molecule has 5 heteroatoms. The molecule has 1 aliphatic rings. The molecule has 0 aliphatic carbocycles. The summed E-state index contributed by atoms with van der Waals surface area (Å²) in [6.45, 7) is 3.21. The molecular formula is C15H21ClN2O2. The molecule has 1 aromatic carbocycles. The number of benzene rings is 1. The molecule has 0 radical (unpaired) electrons. The molecule has 1 saturated heterocycles. The van der Waals surface area contributed by atoms with Crippen LogP contribution in [0.15, 0.2) is 18.2 Å². The third-order valence-corrected chi connectivity index (χ3v) is 4.20. The molecule has 0 bridgehead atoms. The smallest absolute Gasteiger partial charge is 0.240 e. The van der Waals surface area contributed by atoms with Crippen LogP contribution in [0.4, 0.5) is 0 Å². The molecule has 110 valence electrons. The zero-order valence-corrected chi connectivity index (χ0v) is 12.7. The first-order chi connectivity index (χ1) is 9.57. The number of nitrogens with one attached hydrogen (secondary N) is 2. The molecule has 1 atom stereocenters. The van der Waals surface area contributed by atoms with Crippen LogP contribution in [-0.4, -0.2) is 25.1 Å². The van der Waals surface area contributed by atoms with Gasteiger partial charge in [-0.05, 0) is 44.9 Å². The highest BCUT2D eigenvalue weighted by Crippen LogP contribution is 2.26. The quantitative estimate of drug-likeness (QED) is 0.897. The SMILES string of the molecule is COc1cccc(Cl)c1CNC(=O)C1(C)CCCCN1. The van der Waals surface area contributed by atoms with Crippen LogP contribution in [-0.2, 0) is 11.3 Å². The van der Waals surface area contributed by atoms with Gasteiger partial charge in [0.1, 0.15) is 5.75 Å². The maximum absolute atomic E-state index is 12.3. The van der Waals surface area contributed by atoms with Gasteiger partial charge in [-0.1, -0.05) is 17.7 Å². The summed E-state index contributed by atoms with van der Waals surface area (Å²) in [7, 11) is 1.60. The average Bonchev–Trinajstić information content (AvgIpc) is 2.46. The maximum Gasteiger partial charge on any atom is 0.240 e. The summed E-state index contributed by atoms with van der Waals surface area (Å²) in [5, 5.41) is 6.86. The van der Waals surface area contributed by atoms with Gasteiger partial charge in [-0.3, -0.25) is 4.79 Å². The summed E-state index contributed by atoms with van der Waals surface area (Å²) in [5.41, 5.74) is 0.330. The van der Waals surface area contributed by atoms with Crippen LogP contribution in [0, 0.1) is 0 Å². The van der Waals surface area contributed by atoms with Crippen molar-refractivity contribution in [2.75, 3.05) is 13.7 Å². The van der Waals surface area contributed by atoms with Crippen molar-refractivity contribution in [3.63, 3.8) is 0 Å². The Bertz CT molecular complexity index is 485. The second kappa shape index (κ2) is 6.46. The van der Waals surface area contributed by atoms with Gasteiger partial charge in [0.2, 0.25) is 5.91 Å². The lowest BCUT2D eigenvalue weighted by molar-refractivity contribution is -0.128. The minimum atomic E-state index is -0.479. The molecule has 0 aromatic heterocycles. The van der Waals surface area contributed by atoms with E-state index in [1.807, 2.05) is 19.1 Å². The Morgan fingerprint density at radius 2 is 2.30 bits per heavy atom. The van der Waals surface area contributed by atoms with E-state index < -0.39 is 5.54 Å². The van der Waals surface area contributed by atoms with Gasteiger partial charge in [0.15, 0.2) is 0 Å². The van der Waals surface area contributed by atoms with Crippen molar-refractivity contribution in [1.29, 1.82) is 0 Å². The predicted molar refractivity (Wildman–Crippen MR) is 80.1 cm³/mol. The lowest BCUT2D eigenvalue weighted by Gasteiger charge is -2.33. The normalized spacial score (nSPS) is 22.4. The number of halogens is 1. The summed E-state index contributed by atoms with van der Waals surface area (Å²) in [4.78, 5) is 12.3. The Hall–Kier alpha value is -1.26. The monoisotopic (exact) mass is 296 g/mol. The molecule has 20 heavy (non-hydrogen) atoms. The molecule has 1 fully saturated rings. The van der Waals surface area contributed by atoms with Gasteiger partial charge in [0, 0.05) is 17.1 Å². The van der Waals surface area contributed by atoms with Gasteiger partial charge < -0.3 is 15.4 Å². The van der Waals surface area contributed by atoms with Crippen LogP contribution in [0.1, 0.15) is 31.7 Å². The van der Waals surface area contributed by atoms with Crippen molar-refractivity contribution in [2.24, 2.45) is 0 Å². The summed E-state index contributed by atoms with van der Waals surface area (Å²) in [6.07, 6.45) is 3.06. The predicted octanol–water partition coefficient (Wildman–Crippen LogP) is 2.50. The molecule has 1 aliphatic heterocycles. The summed E-state index contributed by atoms with van der Waals surface area (Å²) >= 11 is 6.17. The van der Waals surface area contributed by atoms with E-state index in [0.717, 1.165) is 31.4 Å². The molecule has 2 N–H and O–H groups in total. The van der Waals surface area contributed by atoms with Crippen molar-refractivity contribution >= 4 is 17.5 Å². The van der Waals surface area contributed by atoms with Crippen LogP contribution in [0.2, 0.25) is 5.02 Å².